The second kappa shape index (κ2) is 8.40. The van der Waals surface area contributed by atoms with Gasteiger partial charge in [0.05, 0.1) is 26.7 Å². The second-order valence-corrected chi connectivity index (χ2v) is 6.05. The summed E-state index contributed by atoms with van der Waals surface area (Å²) in [6.07, 6.45) is 3.96. The number of hydrogen-bond donors (Lipinski definition) is 1. The standard InChI is InChI=1S/C21H21FN2O3/c1-26-18-11-17(12-19(13-18)27-2)23-21(25)14-20(24-9-3-4-10-24)15-5-7-16(22)8-6-15/h3-13,20H,14H2,1-2H3,(H,23,25). The number of benzene rings is 2. The predicted octanol–water partition coefficient (Wildman–Crippen LogP) is 4.26. The Morgan fingerprint density at radius 1 is 1.04 bits per heavy atom. The molecule has 1 unspecified atom stereocenters. The summed E-state index contributed by atoms with van der Waals surface area (Å²) < 4.78 is 25.7. The van der Waals surface area contributed by atoms with Crippen molar-refractivity contribution in [3.05, 3.63) is 78.4 Å². The molecule has 1 amide bonds. The molecule has 1 heterocycles. The van der Waals surface area contributed by atoms with E-state index in [2.05, 4.69) is 5.32 Å². The minimum absolute atomic E-state index is 0.173. The zero-order valence-electron chi connectivity index (χ0n) is 15.2. The molecule has 1 N–H and O–H groups in total. The van der Waals surface area contributed by atoms with Crippen LogP contribution in [0, 0.1) is 5.82 Å². The van der Waals surface area contributed by atoms with Crippen LogP contribution >= 0.6 is 0 Å². The van der Waals surface area contributed by atoms with Crippen molar-refractivity contribution in [2.45, 2.75) is 12.5 Å². The van der Waals surface area contributed by atoms with E-state index in [9.17, 15) is 9.18 Å². The Bertz CT molecular complexity index is 870. The van der Waals surface area contributed by atoms with Crippen LogP contribution in [0.3, 0.4) is 0 Å². The number of amides is 1. The molecule has 0 bridgehead atoms. The van der Waals surface area contributed by atoms with Gasteiger partial charge in [0.25, 0.3) is 0 Å². The van der Waals surface area contributed by atoms with E-state index >= 15 is 0 Å². The van der Waals surface area contributed by atoms with Gasteiger partial charge >= 0.3 is 0 Å². The number of halogens is 1. The molecule has 5 nitrogen and oxygen atoms in total. The Morgan fingerprint density at radius 3 is 2.19 bits per heavy atom. The molecular formula is C21H21FN2O3. The van der Waals surface area contributed by atoms with Gasteiger partial charge in [-0.25, -0.2) is 4.39 Å². The third-order valence-electron chi connectivity index (χ3n) is 4.26. The highest BCUT2D eigenvalue weighted by Gasteiger charge is 2.18. The van der Waals surface area contributed by atoms with Gasteiger partial charge in [0, 0.05) is 36.3 Å². The molecule has 0 aliphatic heterocycles. The lowest BCUT2D eigenvalue weighted by atomic mass is 10.0. The van der Waals surface area contributed by atoms with Crippen LogP contribution in [-0.4, -0.2) is 24.7 Å². The van der Waals surface area contributed by atoms with Crippen LogP contribution in [0.2, 0.25) is 0 Å². The number of ether oxygens (including phenoxy) is 2. The molecule has 0 radical (unpaired) electrons. The van der Waals surface area contributed by atoms with Crippen LogP contribution in [-0.2, 0) is 4.79 Å². The summed E-state index contributed by atoms with van der Waals surface area (Å²) in [5.41, 5.74) is 1.44. The molecule has 0 aliphatic carbocycles. The highest BCUT2D eigenvalue weighted by Crippen LogP contribution is 2.27. The Balaban J connectivity index is 1.80. The first-order valence-corrected chi connectivity index (χ1v) is 8.50. The van der Waals surface area contributed by atoms with Crippen LogP contribution in [0.5, 0.6) is 11.5 Å². The number of rotatable bonds is 7. The van der Waals surface area contributed by atoms with Crippen molar-refractivity contribution in [1.29, 1.82) is 0 Å². The summed E-state index contributed by atoms with van der Waals surface area (Å²) >= 11 is 0. The topological polar surface area (TPSA) is 52.5 Å². The Morgan fingerprint density at radius 2 is 1.63 bits per heavy atom. The predicted molar refractivity (Wildman–Crippen MR) is 102 cm³/mol. The third kappa shape index (κ3) is 4.67. The first kappa shape index (κ1) is 18.5. The van der Waals surface area contributed by atoms with Gasteiger partial charge in [-0.2, -0.15) is 0 Å². The lowest BCUT2D eigenvalue weighted by molar-refractivity contribution is -0.116. The highest BCUT2D eigenvalue weighted by atomic mass is 19.1. The number of carbonyl (C=O) groups excluding carboxylic acids is 1. The molecule has 0 spiro atoms. The Kier molecular flexibility index (Phi) is 5.76. The fourth-order valence-corrected chi connectivity index (χ4v) is 2.90. The van der Waals surface area contributed by atoms with E-state index in [-0.39, 0.29) is 24.2 Å². The minimum Gasteiger partial charge on any atom is -0.497 e. The fraction of sp³-hybridized carbons (Fsp3) is 0.190. The molecular weight excluding hydrogens is 347 g/mol. The average molecular weight is 368 g/mol. The van der Waals surface area contributed by atoms with Gasteiger partial charge in [0.15, 0.2) is 0 Å². The van der Waals surface area contributed by atoms with Crippen LogP contribution < -0.4 is 14.8 Å². The summed E-state index contributed by atoms with van der Waals surface area (Å²) in [6.45, 7) is 0. The lowest BCUT2D eigenvalue weighted by Gasteiger charge is -2.19. The molecule has 3 rings (SSSR count). The highest BCUT2D eigenvalue weighted by molar-refractivity contribution is 5.91. The molecule has 3 aromatic rings. The van der Waals surface area contributed by atoms with Crippen molar-refractivity contribution in [1.82, 2.24) is 4.57 Å². The Labute approximate surface area is 157 Å². The number of nitrogens with one attached hydrogen (secondary N) is 1. The van der Waals surface area contributed by atoms with Crippen molar-refractivity contribution in [2.75, 3.05) is 19.5 Å². The molecule has 27 heavy (non-hydrogen) atoms. The summed E-state index contributed by atoms with van der Waals surface area (Å²) in [4.78, 5) is 12.7. The van der Waals surface area contributed by atoms with Crippen molar-refractivity contribution >= 4 is 11.6 Å². The SMILES string of the molecule is COc1cc(NC(=O)CC(c2ccc(F)cc2)n2cccc2)cc(OC)c1. The van der Waals surface area contributed by atoms with Crippen LogP contribution in [0.4, 0.5) is 10.1 Å². The van der Waals surface area contributed by atoms with E-state index in [0.717, 1.165) is 5.56 Å². The van der Waals surface area contributed by atoms with Crippen LogP contribution in [0.25, 0.3) is 0 Å². The third-order valence-corrected chi connectivity index (χ3v) is 4.26. The summed E-state index contributed by atoms with van der Waals surface area (Å²) in [5.74, 6) is 0.696. The van der Waals surface area contributed by atoms with Crippen molar-refractivity contribution in [2.24, 2.45) is 0 Å². The van der Waals surface area contributed by atoms with Gasteiger partial charge < -0.3 is 19.4 Å². The van der Waals surface area contributed by atoms with E-state index in [4.69, 9.17) is 9.47 Å². The quantitative estimate of drug-likeness (QED) is 0.678. The van der Waals surface area contributed by atoms with Gasteiger partial charge in [-0.3, -0.25) is 4.79 Å². The first-order chi connectivity index (χ1) is 13.1. The van der Waals surface area contributed by atoms with E-state index in [1.54, 1.807) is 44.6 Å². The van der Waals surface area contributed by atoms with E-state index < -0.39 is 0 Å². The van der Waals surface area contributed by atoms with Gasteiger partial charge in [-0.05, 0) is 29.8 Å². The molecule has 0 fully saturated rings. The van der Waals surface area contributed by atoms with Gasteiger partial charge in [0.1, 0.15) is 17.3 Å². The van der Waals surface area contributed by atoms with Gasteiger partial charge in [-0.15, -0.1) is 0 Å². The number of hydrogen-bond acceptors (Lipinski definition) is 3. The summed E-state index contributed by atoms with van der Waals surface area (Å²) in [6, 6.07) is 14.9. The first-order valence-electron chi connectivity index (χ1n) is 8.50. The molecule has 6 heteroatoms. The number of carbonyl (C=O) groups is 1. The average Bonchev–Trinajstić information content (AvgIpc) is 3.21. The molecule has 0 aliphatic rings. The zero-order valence-corrected chi connectivity index (χ0v) is 15.2. The second-order valence-electron chi connectivity index (χ2n) is 6.05. The summed E-state index contributed by atoms with van der Waals surface area (Å²) in [5, 5.41) is 2.88. The lowest BCUT2D eigenvalue weighted by Crippen LogP contribution is -2.19. The van der Waals surface area contributed by atoms with E-state index in [1.807, 2.05) is 29.1 Å². The molecule has 0 saturated heterocycles. The maximum absolute atomic E-state index is 13.3. The van der Waals surface area contributed by atoms with Crippen LogP contribution in [0.1, 0.15) is 18.0 Å². The monoisotopic (exact) mass is 368 g/mol. The van der Waals surface area contributed by atoms with Crippen molar-refractivity contribution in [3.8, 4) is 11.5 Å². The molecule has 1 aromatic heterocycles. The number of aromatic nitrogens is 1. The maximum atomic E-state index is 13.3. The molecule has 0 saturated carbocycles. The van der Waals surface area contributed by atoms with Gasteiger partial charge in [0.2, 0.25) is 5.91 Å². The molecule has 1 atom stereocenters. The smallest absolute Gasteiger partial charge is 0.226 e. The maximum Gasteiger partial charge on any atom is 0.226 e. The Hall–Kier alpha value is -3.28. The molecule has 2 aromatic carbocycles. The fourth-order valence-electron chi connectivity index (χ4n) is 2.90. The zero-order chi connectivity index (χ0) is 19.2. The minimum atomic E-state index is -0.307. The normalized spacial score (nSPS) is 11.7. The van der Waals surface area contributed by atoms with E-state index in [0.29, 0.717) is 17.2 Å². The number of methoxy groups -OCH3 is 2. The number of nitrogens with zero attached hydrogens (tertiary/aromatic N) is 1. The van der Waals surface area contributed by atoms with Crippen molar-refractivity contribution in [3.63, 3.8) is 0 Å². The molecule has 140 valence electrons. The largest absolute Gasteiger partial charge is 0.497 e. The van der Waals surface area contributed by atoms with Crippen LogP contribution in [0.15, 0.2) is 67.0 Å². The van der Waals surface area contributed by atoms with Gasteiger partial charge in [-0.1, -0.05) is 12.1 Å². The van der Waals surface area contributed by atoms with Crippen molar-refractivity contribution < 1.29 is 18.7 Å². The summed E-state index contributed by atoms with van der Waals surface area (Å²) in [7, 11) is 3.11. The number of anilines is 1. The van der Waals surface area contributed by atoms with E-state index in [1.165, 1.54) is 12.1 Å².